The van der Waals surface area contributed by atoms with Crippen LogP contribution in [0.2, 0.25) is 0 Å². The Morgan fingerprint density at radius 3 is 1.00 bits per heavy atom. The molecule has 0 aromatic heterocycles. The van der Waals surface area contributed by atoms with Crippen molar-refractivity contribution in [3.63, 3.8) is 0 Å². The van der Waals surface area contributed by atoms with Gasteiger partial charge in [-0.2, -0.15) is 0 Å². The van der Waals surface area contributed by atoms with E-state index in [0.29, 0.717) is 0 Å². The smallest absolute Gasteiger partial charge is 1.00 e. The number of hydrogen-bond donors (Lipinski definition) is 1. The fourth-order valence-corrected chi connectivity index (χ4v) is 0. The van der Waals surface area contributed by atoms with Gasteiger partial charge >= 0.3 is 29.6 Å². The van der Waals surface area contributed by atoms with Crippen molar-refractivity contribution in [2.45, 2.75) is 0 Å². The summed E-state index contributed by atoms with van der Waals surface area (Å²) in [6.07, 6.45) is 0. The summed E-state index contributed by atoms with van der Waals surface area (Å²) in [4.78, 5) is 0. The molecule has 26 valence electrons. The van der Waals surface area contributed by atoms with Crippen molar-refractivity contribution in [1.82, 2.24) is 6.15 Å². The maximum Gasteiger partial charge on any atom is 1.00 e. The van der Waals surface area contributed by atoms with Gasteiger partial charge in [0, 0.05) is 0 Å². The molecule has 0 aromatic rings. The van der Waals surface area contributed by atoms with Gasteiger partial charge in [-0.25, -0.2) is 0 Å². The van der Waals surface area contributed by atoms with E-state index in [-0.39, 0.29) is 61.9 Å². The molecule has 0 amide bonds. The molecule has 0 saturated carbocycles. The summed E-state index contributed by atoms with van der Waals surface area (Å²) in [5.41, 5.74) is 0. The SMILES string of the molecule is Cl.Cl.N.[H-].[Na+]. The van der Waals surface area contributed by atoms with Gasteiger partial charge in [-0.15, -0.1) is 24.8 Å². The van der Waals surface area contributed by atoms with Crippen molar-refractivity contribution >= 4 is 24.8 Å². The molecule has 1 nitrogen and oxygen atoms in total. The van der Waals surface area contributed by atoms with Crippen LogP contribution in [0, 0.1) is 0 Å². The molecule has 0 unspecified atom stereocenters. The van der Waals surface area contributed by atoms with Crippen LogP contribution in [0.1, 0.15) is 1.43 Å². The second kappa shape index (κ2) is 24.0. The minimum Gasteiger partial charge on any atom is -1.00 e. The standard InChI is InChI=1S/2ClH.H3N.Na.H/h2*1H;1H3;;/q;;;+1;-1. The van der Waals surface area contributed by atoms with E-state index in [9.17, 15) is 0 Å². The van der Waals surface area contributed by atoms with Crippen molar-refractivity contribution in [3.05, 3.63) is 0 Å². The van der Waals surface area contributed by atoms with Gasteiger partial charge in [0.2, 0.25) is 0 Å². The quantitative estimate of drug-likeness (QED) is 0.367. The van der Waals surface area contributed by atoms with Crippen LogP contribution in [0.3, 0.4) is 0 Å². The average Bonchev–Trinajstić information content (AvgIpc) is 0. The fourth-order valence-electron chi connectivity index (χ4n) is 0. The van der Waals surface area contributed by atoms with E-state index in [1.807, 2.05) is 0 Å². The van der Waals surface area contributed by atoms with E-state index in [0.717, 1.165) is 0 Å². The van der Waals surface area contributed by atoms with Gasteiger partial charge < -0.3 is 7.58 Å². The summed E-state index contributed by atoms with van der Waals surface area (Å²) >= 11 is 0. The first-order chi connectivity index (χ1) is 0. The summed E-state index contributed by atoms with van der Waals surface area (Å²) < 4.78 is 0. The molecule has 4 heteroatoms. The summed E-state index contributed by atoms with van der Waals surface area (Å²) in [6.45, 7) is 0. The second-order valence-corrected chi connectivity index (χ2v) is 0. The van der Waals surface area contributed by atoms with E-state index in [1.165, 1.54) is 0 Å². The van der Waals surface area contributed by atoms with Gasteiger partial charge in [0.25, 0.3) is 0 Å². The number of hydrogen-bond acceptors (Lipinski definition) is 1. The zero-order valence-electron chi connectivity index (χ0n) is 3.52. The fraction of sp³-hybridized carbons (Fsp3) is 0. The second-order valence-electron chi connectivity index (χ2n) is 0. The molecule has 0 atom stereocenters. The first-order valence-corrected chi connectivity index (χ1v) is 0. The molecule has 0 aliphatic carbocycles. The molecule has 0 aliphatic rings. The van der Waals surface area contributed by atoms with Crippen molar-refractivity contribution in [3.8, 4) is 0 Å². The predicted molar refractivity (Wildman–Crippen MR) is 20.6 cm³/mol. The molecule has 0 saturated heterocycles. The monoisotopic (exact) mass is 113 g/mol. The zero-order chi connectivity index (χ0) is 0. The summed E-state index contributed by atoms with van der Waals surface area (Å²) in [6, 6.07) is 0. The van der Waals surface area contributed by atoms with Crippen molar-refractivity contribution in [2.24, 2.45) is 0 Å². The Morgan fingerprint density at radius 1 is 1.00 bits per heavy atom. The van der Waals surface area contributed by atoms with E-state index in [4.69, 9.17) is 0 Å². The van der Waals surface area contributed by atoms with E-state index in [1.54, 1.807) is 0 Å². The molecule has 4 heavy (non-hydrogen) atoms. The molecular weight excluding hydrogens is 108 g/mol. The minimum atomic E-state index is 0. The van der Waals surface area contributed by atoms with Gasteiger partial charge in [-0.05, 0) is 0 Å². The minimum absolute atomic E-state index is 0. The van der Waals surface area contributed by atoms with Crippen LogP contribution in [-0.2, 0) is 0 Å². The maximum absolute atomic E-state index is 0. The van der Waals surface area contributed by atoms with Crippen molar-refractivity contribution in [2.75, 3.05) is 0 Å². The topological polar surface area (TPSA) is 35.0 Å². The Kier molecular flexibility index (Phi) is 289. The van der Waals surface area contributed by atoms with Gasteiger partial charge in [0.1, 0.15) is 0 Å². The molecule has 0 fully saturated rings. The Hall–Kier alpha value is 1.54. The molecule has 0 radical (unpaired) electrons. The Balaban J connectivity index is 0. The number of halogens is 2. The summed E-state index contributed by atoms with van der Waals surface area (Å²) in [7, 11) is 0. The molecule has 0 rings (SSSR count). The third kappa shape index (κ3) is 9.63. The van der Waals surface area contributed by atoms with Crippen LogP contribution in [0.25, 0.3) is 0 Å². The zero-order valence-corrected chi connectivity index (χ0v) is 6.16. The van der Waals surface area contributed by atoms with Gasteiger partial charge in [0.05, 0.1) is 0 Å². The van der Waals surface area contributed by atoms with Crippen LogP contribution in [0.4, 0.5) is 0 Å². The Morgan fingerprint density at radius 2 is 1.00 bits per heavy atom. The average molecular weight is 114 g/mol. The van der Waals surface area contributed by atoms with E-state index < -0.39 is 0 Å². The maximum atomic E-state index is 0. The van der Waals surface area contributed by atoms with Gasteiger partial charge in [-0.1, -0.05) is 0 Å². The van der Waals surface area contributed by atoms with Gasteiger partial charge in [0.15, 0.2) is 0 Å². The van der Waals surface area contributed by atoms with Crippen LogP contribution >= 0.6 is 24.8 Å². The Bertz CT molecular complexity index is 9.61. The third-order valence-corrected chi connectivity index (χ3v) is 0. The molecule has 0 aliphatic heterocycles. The van der Waals surface area contributed by atoms with Crippen LogP contribution in [0.5, 0.6) is 0 Å². The summed E-state index contributed by atoms with van der Waals surface area (Å²) in [5, 5.41) is 0. The first-order valence-electron chi connectivity index (χ1n) is 0. The Labute approximate surface area is 61.7 Å². The van der Waals surface area contributed by atoms with Crippen LogP contribution < -0.4 is 35.7 Å². The van der Waals surface area contributed by atoms with Crippen molar-refractivity contribution in [1.29, 1.82) is 0 Å². The molecule has 0 aromatic carbocycles. The van der Waals surface area contributed by atoms with Crippen LogP contribution in [-0.4, -0.2) is 0 Å². The van der Waals surface area contributed by atoms with E-state index in [2.05, 4.69) is 0 Å². The van der Waals surface area contributed by atoms with Crippen molar-refractivity contribution < 1.29 is 31.0 Å². The summed E-state index contributed by atoms with van der Waals surface area (Å²) in [5.74, 6) is 0. The largest absolute Gasteiger partial charge is 1.00 e. The predicted octanol–water partition coefficient (Wildman–Crippen LogP) is -1.88. The first kappa shape index (κ1) is 48.1. The van der Waals surface area contributed by atoms with E-state index >= 15 is 0 Å². The molecule has 0 bridgehead atoms. The number of rotatable bonds is 0. The van der Waals surface area contributed by atoms with Gasteiger partial charge in [-0.3, -0.25) is 0 Å². The molecule has 0 spiro atoms. The molecule has 3 N–H and O–H groups in total. The van der Waals surface area contributed by atoms with Crippen LogP contribution in [0.15, 0.2) is 0 Å². The molecule has 0 heterocycles. The normalized spacial score (nSPS) is 0. The molecular formula is H6Cl2NNa. The third-order valence-electron chi connectivity index (χ3n) is 0.